The van der Waals surface area contributed by atoms with Gasteiger partial charge in [0.1, 0.15) is 5.82 Å². The summed E-state index contributed by atoms with van der Waals surface area (Å²) in [6.07, 6.45) is 4.65. The average molecular weight is 404 g/mol. The van der Waals surface area contributed by atoms with Crippen molar-refractivity contribution in [2.45, 2.75) is 31.7 Å². The Hall–Kier alpha value is -2.36. The van der Waals surface area contributed by atoms with E-state index in [0.717, 1.165) is 18.4 Å². The van der Waals surface area contributed by atoms with Crippen molar-refractivity contribution in [1.82, 2.24) is 15.0 Å². The number of ether oxygens (including phenoxy) is 2. The molecule has 1 aromatic carbocycles. The lowest BCUT2D eigenvalue weighted by Crippen LogP contribution is -2.19. The maximum absolute atomic E-state index is 13.3. The molecule has 3 rings (SSSR count). The fourth-order valence-corrected chi connectivity index (χ4v) is 3.14. The van der Waals surface area contributed by atoms with Crippen molar-refractivity contribution in [2.75, 3.05) is 50.2 Å². The molecule has 0 bridgehead atoms. The Morgan fingerprint density at radius 1 is 0.931 bits per heavy atom. The number of nitrogens with zero attached hydrogens (tertiary/aromatic N) is 3. The summed E-state index contributed by atoms with van der Waals surface area (Å²) in [6, 6.07) is 6.51. The number of halogens is 1. The number of rotatable bonds is 12. The predicted molar refractivity (Wildman–Crippen MR) is 110 cm³/mol. The van der Waals surface area contributed by atoms with E-state index in [1.165, 1.54) is 25.0 Å². The minimum absolute atomic E-state index is 0.293. The van der Waals surface area contributed by atoms with Crippen molar-refractivity contribution in [1.29, 1.82) is 0 Å². The summed E-state index contributed by atoms with van der Waals surface area (Å²) in [4.78, 5) is 13.5. The quantitative estimate of drug-likeness (QED) is 0.463. The number of hydrogen-bond donors (Lipinski definition) is 3. The third-order valence-electron chi connectivity index (χ3n) is 4.59. The van der Waals surface area contributed by atoms with Crippen LogP contribution in [0.5, 0.6) is 0 Å². The Bertz CT molecular complexity index is 740. The number of benzene rings is 1. The van der Waals surface area contributed by atoms with Crippen LogP contribution in [0.3, 0.4) is 0 Å². The van der Waals surface area contributed by atoms with E-state index in [0.29, 0.717) is 63.3 Å². The van der Waals surface area contributed by atoms with Crippen LogP contribution in [0, 0.1) is 5.82 Å². The zero-order chi connectivity index (χ0) is 20.3. The van der Waals surface area contributed by atoms with Crippen LogP contribution in [-0.4, -0.2) is 60.5 Å². The lowest BCUT2D eigenvalue weighted by atomic mass is 10.2. The molecule has 0 spiro atoms. The molecule has 8 nitrogen and oxygen atoms in total. The number of hydrogen-bond acceptors (Lipinski definition) is 8. The smallest absolute Gasteiger partial charge is 0.228 e. The van der Waals surface area contributed by atoms with Crippen molar-refractivity contribution >= 4 is 11.9 Å². The lowest BCUT2D eigenvalue weighted by Gasteiger charge is -2.14. The summed E-state index contributed by atoms with van der Waals surface area (Å²) >= 11 is 0. The molecule has 1 aromatic heterocycles. The van der Waals surface area contributed by atoms with Crippen molar-refractivity contribution in [2.24, 2.45) is 5.73 Å². The Morgan fingerprint density at radius 2 is 1.62 bits per heavy atom. The molecular formula is C20H29FN6O2. The topological polar surface area (TPSA) is 107 Å². The lowest BCUT2D eigenvalue weighted by molar-refractivity contribution is 0.0547. The number of anilines is 2. The van der Waals surface area contributed by atoms with E-state index in [9.17, 15) is 4.39 Å². The predicted octanol–water partition coefficient (Wildman–Crippen LogP) is 2.44. The molecule has 9 heteroatoms. The first kappa shape index (κ1) is 21.4. The van der Waals surface area contributed by atoms with Gasteiger partial charge in [-0.25, -0.2) is 4.39 Å². The maximum atomic E-state index is 13.3. The summed E-state index contributed by atoms with van der Waals surface area (Å²) in [5, 5.41) is 6.57. The third kappa shape index (κ3) is 7.19. The van der Waals surface area contributed by atoms with Crippen molar-refractivity contribution in [3.05, 3.63) is 30.1 Å². The molecule has 1 aliphatic rings. The van der Waals surface area contributed by atoms with Crippen LogP contribution >= 0.6 is 0 Å². The SMILES string of the molecule is NCCOCCOCCNc1nc(NC2CCCC2)nc(-c2ccc(F)cc2)n1. The monoisotopic (exact) mass is 404 g/mol. The summed E-state index contributed by atoms with van der Waals surface area (Å²) in [6.45, 7) is 3.12. The molecule has 0 radical (unpaired) electrons. The van der Waals surface area contributed by atoms with Crippen LogP contribution in [0.25, 0.3) is 11.4 Å². The van der Waals surface area contributed by atoms with Crippen LogP contribution in [0.15, 0.2) is 24.3 Å². The van der Waals surface area contributed by atoms with E-state index in [1.54, 1.807) is 12.1 Å². The summed E-state index contributed by atoms with van der Waals surface area (Å²) in [7, 11) is 0. The third-order valence-corrected chi connectivity index (χ3v) is 4.59. The molecule has 2 aromatic rings. The highest BCUT2D eigenvalue weighted by Gasteiger charge is 2.17. The first-order valence-electron chi connectivity index (χ1n) is 10.1. The second kappa shape index (κ2) is 11.6. The fourth-order valence-electron chi connectivity index (χ4n) is 3.14. The zero-order valence-electron chi connectivity index (χ0n) is 16.6. The Morgan fingerprint density at radius 3 is 2.34 bits per heavy atom. The van der Waals surface area contributed by atoms with E-state index < -0.39 is 0 Å². The van der Waals surface area contributed by atoms with Gasteiger partial charge >= 0.3 is 0 Å². The summed E-state index contributed by atoms with van der Waals surface area (Å²) < 4.78 is 24.0. The fraction of sp³-hybridized carbons (Fsp3) is 0.550. The zero-order valence-corrected chi connectivity index (χ0v) is 16.6. The van der Waals surface area contributed by atoms with Gasteiger partial charge in [-0.15, -0.1) is 0 Å². The first-order valence-corrected chi connectivity index (χ1v) is 10.1. The highest BCUT2D eigenvalue weighted by Crippen LogP contribution is 2.23. The summed E-state index contributed by atoms with van der Waals surface area (Å²) in [5.41, 5.74) is 6.10. The standard InChI is InChI=1S/C20H29FN6O2/c21-16-7-5-15(6-8-16)18-25-19(23-10-12-29-14-13-28-11-9-22)27-20(26-18)24-17-3-1-2-4-17/h5-8,17H,1-4,9-14,22H2,(H2,23,24,25,26,27). The summed E-state index contributed by atoms with van der Waals surface area (Å²) in [5.74, 6) is 1.20. The maximum Gasteiger partial charge on any atom is 0.228 e. The Balaban J connectivity index is 1.60. The van der Waals surface area contributed by atoms with Gasteiger partial charge in [-0.1, -0.05) is 12.8 Å². The molecule has 1 fully saturated rings. The van der Waals surface area contributed by atoms with Crippen LogP contribution in [0.1, 0.15) is 25.7 Å². The van der Waals surface area contributed by atoms with Crippen LogP contribution in [-0.2, 0) is 9.47 Å². The normalized spacial score (nSPS) is 14.3. The minimum Gasteiger partial charge on any atom is -0.378 e. The van der Waals surface area contributed by atoms with Gasteiger partial charge in [0, 0.05) is 24.7 Å². The largest absolute Gasteiger partial charge is 0.378 e. The molecule has 0 unspecified atom stereocenters. The van der Waals surface area contributed by atoms with E-state index >= 15 is 0 Å². The second-order valence-corrected chi connectivity index (χ2v) is 6.88. The van der Waals surface area contributed by atoms with Crippen molar-refractivity contribution < 1.29 is 13.9 Å². The molecule has 158 valence electrons. The Labute approximate surface area is 170 Å². The number of nitrogens with one attached hydrogen (secondary N) is 2. The molecule has 0 saturated heterocycles. The van der Waals surface area contributed by atoms with Gasteiger partial charge in [0.2, 0.25) is 11.9 Å². The van der Waals surface area contributed by atoms with E-state index in [1.807, 2.05) is 0 Å². The molecule has 1 aliphatic carbocycles. The van der Waals surface area contributed by atoms with Crippen LogP contribution in [0.2, 0.25) is 0 Å². The second-order valence-electron chi connectivity index (χ2n) is 6.88. The number of nitrogens with two attached hydrogens (primary N) is 1. The number of aromatic nitrogens is 3. The van der Waals surface area contributed by atoms with E-state index in [4.69, 9.17) is 15.2 Å². The Kier molecular flexibility index (Phi) is 8.54. The van der Waals surface area contributed by atoms with Crippen LogP contribution in [0.4, 0.5) is 16.3 Å². The molecular weight excluding hydrogens is 375 g/mol. The average Bonchev–Trinajstić information content (AvgIpc) is 3.23. The molecule has 0 aliphatic heterocycles. The van der Waals surface area contributed by atoms with E-state index in [2.05, 4.69) is 25.6 Å². The molecule has 1 saturated carbocycles. The van der Waals surface area contributed by atoms with Gasteiger partial charge in [-0.3, -0.25) is 0 Å². The van der Waals surface area contributed by atoms with Gasteiger partial charge in [-0.2, -0.15) is 15.0 Å². The molecule has 4 N–H and O–H groups in total. The van der Waals surface area contributed by atoms with E-state index in [-0.39, 0.29) is 5.82 Å². The van der Waals surface area contributed by atoms with Gasteiger partial charge in [0.25, 0.3) is 0 Å². The molecule has 1 heterocycles. The molecule has 0 atom stereocenters. The van der Waals surface area contributed by atoms with Crippen LogP contribution < -0.4 is 16.4 Å². The van der Waals surface area contributed by atoms with Crippen molar-refractivity contribution in [3.63, 3.8) is 0 Å². The highest BCUT2D eigenvalue weighted by atomic mass is 19.1. The minimum atomic E-state index is -0.293. The van der Waals surface area contributed by atoms with Gasteiger partial charge in [0.05, 0.1) is 26.4 Å². The van der Waals surface area contributed by atoms with Crippen molar-refractivity contribution in [3.8, 4) is 11.4 Å². The molecule has 0 amide bonds. The van der Waals surface area contributed by atoms with Gasteiger partial charge < -0.3 is 25.8 Å². The molecule has 29 heavy (non-hydrogen) atoms. The van der Waals surface area contributed by atoms with Gasteiger partial charge in [-0.05, 0) is 37.1 Å². The van der Waals surface area contributed by atoms with Gasteiger partial charge in [0.15, 0.2) is 5.82 Å². The highest BCUT2D eigenvalue weighted by molar-refractivity contribution is 5.58. The first-order chi connectivity index (χ1) is 14.2.